The number of rotatable bonds is 2. The first-order valence-corrected chi connectivity index (χ1v) is 4.18. The van der Waals surface area contributed by atoms with Crippen LogP contribution in [-0.4, -0.2) is 25.7 Å². The fourth-order valence-electron chi connectivity index (χ4n) is 1.38. The van der Waals surface area contributed by atoms with Gasteiger partial charge in [0, 0.05) is 12.4 Å². The Morgan fingerprint density at radius 2 is 2.43 bits per heavy atom. The molecule has 14 heavy (non-hydrogen) atoms. The third-order valence-electron chi connectivity index (χ3n) is 1.91. The summed E-state index contributed by atoms with van der Waals surface area (Å²) in [5, 5.41) is 12.8. The van der Waals surface area contributed by atoms with Crippen LogP contribution < -0.4 is 0 Å². The first-order chi connectivity index (χ1) is 6.66. The lowest BCUT2D eigenvalue weighted by Gasteiger charge is -1.98. The minimum Gasteiger partial charge on any atom is -0.481 e. The number of nitrogens with zero attached hydrogens (tertiary/aromatic N) is 3. The van der Waals surface area contributed by atoms with Crippen LogP contribution in [0.1, 0.15) is 11.4 Å². The topological polar surface area (TPSA) is 67.5 Å². The number of aryl methyl sites for hydroxylation is 1. The summed E-state index contributed by atoms with van der Waals surface area (Å²) < 4.78 is 1.64. The molecule has 0 saturated heterocycles. The Morgan fingerprint density at radius 1 is 1.64 bits per heavy atom. The number of aliphatic carboxylic acids is 1. The number of hydrogen-bond acceptors (Lipinski definition) is 3. The van der Waals surface area contributed by atoms with Crippen LogP contribution in [0.25, 0.3) is 5.52 Å². The predicted octanol–water partition coefficient (Wildman–Crippen LogP) is 0.665. The van der Waals surface area contributed by atoms with Crippen LogP contribution in [0.3, 0.4) is 0 Å². The molecule has 2 aromatic heterocycles. The van der Waals surface area contributed by atoms with Gasteiger partial charge >= 0.3 is 5.97 Å². The van der Waals surface area contributed by atoms with Crippen molar-refractivity contribution in [3.05, 3.63) is 29.8 Å². The number of carboxylic acids is 1. The average Bonchev–Trinajstić information content (AvgIpc) is 2.45. The van der Waals surface area contributed by atoms with Crippen LogP contribution in [0.4, 0.5) is 0 Å². The molecule has 2 heterocycles. The summed E-state index contributed by atoms with van der Waals surface area (Å²) >= 11 is 0. The van der Waals surface area contributed by atoms with Crippen molar-refractivity contribution in [2.45, 2.75) is 13.3 Å². The summed E-state index contributed by atoms with van der Waals surface area (Å²) in [6, 6.07) is 1.82. The number of carbonyl (C=O) groups is 1. The van der Waals surface area contributed by atoms with Crippen molar-refractivity contribution in [3.63, 3.8) is 0 Å². The second-order valence-electron chi connectivity index (χ2n) is 3.06. The van der Waals surface area contributed by atoms with E-state index in [2.05, 4.69) is 10.1 Å². The van der Waals surface area contributed by atoms with Gasteiger partial charge in [0.2, 0.25) is 0 Å². The van der Waals surface area contributed by atoms with E-state index >= 15 is 0 Å². The van der Waals surface area contributed by atoms with Crippen molar-refractivity contribution in [1.29, 1.82) is 0 Å². The van der Waals surface area contributed by atoms with Gasteiger partial charge in [0.25, 0.3) is 0 Å². The highest BCUT2D eigenvalue weighted by molar-refractivity contribution is 5.73. The van der Waals surface area contributed by atoms with Gasteiger partial charge in [-0.05, 0) is 13.0 Å². The van der Waals surface area contributed by atoms with Gasteiger partial charge in [-0.1, -0.05) is 0 Å². The molecule has 0 aliphatic rings. The van der Waals surface area contributed by atoms with Crippen LogP contribution >= 0.6 is 0 Å². The lowest BCUT2D eigenvalue weighted by atomic mass is 10.2. The minimum absolute atomic E-state index is 0.0739. The van der Waals surface area contributed by atoms with Crippen LogP contribution in [0.15, 0.2) is 18.5 Å². The Balaban J connectivity index is 2.58. The highest BCUT2D eigenvalue weighted by Gasteiger charge is 2.08. The van der Waals surface area contributed by atoms with Gasteiger partial charge in [0.05, 0.1) is 23.3 Å². The third kappa shape index (κ3) is 1.44. The minimum atomic E-state index is -0.885. The molecule has 0 unspecified atom stereocenters. The first-order valence-electron chi connectivity index (χ1n) is 4.18. The van der Waals surface area contributed by atoms with E-state index < -0.39 is 5.97 Å². The summed E-state index contributed by atoms with van der Waals surface area (Å²) in [5.41, 5.74) is 2.15. The molecule has 0 saturated carbocycles. The van der Waals surface area contributed by atoms with E-state index in [0.717, 1.165) is 11.2 Å². The SMILES string of the molecule is Cc1cc2c(CC(=O)O)nccn2n1. The average molecular weight is 191 g/mol. The molecule has 0 spiro atoms. The quantitative estimate of drug-likeness (QED) is 0.757. The van der Waals surface area contributed by atoms with Crippen molar-refractivity contribution in [1.82, 2.24) is 14.6 Å². The molecular weight excluding hydrogens is 182 g/mol. The largest absolute Gasteiger partial charge is 0.481 e. The van der Waals surface area contributed by atoms with Gasteiger partial charge in [0.15, 0.2) is 0 Å². The maximum atomic E-state index is 10.5. The molecule has 0 aliphatic carbocycles. The van der Waals surface area contributed by atoms with Crippen molar-refractivity contribution in [2.24, 2.45) is 0 Å². The van der Waals surface area contributed by atoms with E-state index in [1.165, 1.54) is 0 Å². The molecule has 0 aromatic carbocycles. The predicted molar refractivity (Wildman–Crippen MR) is 49.1 cm³/mol. The van der Waals surface area contributed by atoms with E-state index in [9.17, 15) is 4.79 Å². The van der Waals surface area contributed by atoms with E-state index in [0.29, 0.717) is 5.69 Å². The van der Waals surface area contributed by atoms with Crippen molar-refractivity contribution >= 4 is 11.5 Å². The van der Waals surface area contributed by atoms with Crippen LogP contribution in [0.5, 0.6) is 0 Å². The summed E-state index contributed by atoms with van der Waals surface area (Å²) in [4.78, 5) is 14.6. The summed E-state index contributed by atoms with van der Waals surface area (Å²) in [6.45, 7) is 1.86. The van der Waals surface area contributed by atoms with Gasteiger partial charge < -0.3 is 5.11 Å². The maximum absolute atomic E-state index is 10.5. The zero-order valence-corrected chi connectivity index (χ0v) is 7.64. The van der Waals surface area contributed by atoms with Gasteiger partial charge in [-0.2, -0.15) is 5.10 Å². The van der Waals surface area contributed by atoms with Crippen LogP contribution in [0.2, 0.25) is 0 Å². The third-order valence-corrected chi connectivity index (χ3v) is 1.91. The Morgan fingerprint density at radius 3 is 3.14 bits per heavy atom. The second-order valence-corrected chi connectivity index (χ2v) is 3.06. The van der Waals surface area contributed by atoms with Crippen LogP contribution in [0, 0.1) is 6.92 Å². The van der Waals surface area contributed by atoms with Crippen LogP contribution in [-0.2, 0) is 11.2 Å². The van der Waals surface area contributed by atoms with Gasteiger partial charge in [-0.25, -0.2) is 4.52 Å². The molecule has 72 valence electrons. The normalized spacial score (nSPS) is 10.6. The fraction of sp³-hybridized carbons (Fsp3) is 0.222. The lowest BCUT2D eigenvalue weighted by Crippen LogP contribution is -2.04. The Hall–Kier alpha value is -1.91. The zero-order chi connectivity index (χ0) is 10.1. The highest BCUT2D eigenvalue weighted by atomic mass is 16.4. The van der Waals surface area contributed by atoms with E-state index in [-0.39, 0.29) is 6.42 Å². The van der Waals surface area contributed by atoms with Crippen molar-refractivity contribution < 1.29 is 9.90 Å². The standard InChI is InChI=1S/C9H9N3O2/c1-6-4-8-7(5-9(13)14)10-2-3-12(8)11-6/h2-4H,5H2,1H3,(H,13,14). The summed E-state index contributed by atoms with van der Waals surface area (Å²) in [7, 11) is 0. The van der Waals surface area contributed by atoms with Gasteiger partial charge in [0.1, 0.15) is 0 Å². The Labute approximate surface area is 80.0 Å². The number of fused-ring (bicyclic) bond motifs is 1. The molecule has 5 heteroatoms. The zero-order valence-electron chi connectivity index (χ0n) is 7.64. The smallest absolute Gasteiger partial charge is 0.309 e. The van der Waals surface area contributed by atoms with Crippen molar-refractivity contribution in [3.8, 4) is 0 Å². The molecule has 2 aromatic rings. The first kappa shape index (κ1) is 8.68. The molecule has 0 fully saturated rings. The number of hydrogen-bond donors (Lipinski definition) is 1. The molecule has 0 aliphatic heterocycles. The Bertz CT molecular complexity index is 490. The van der Waals surface area contributed by atoms with E-state index in [4.69, 9.17) is 5.11 Å². The van der Waals surface area contributed by atoms with Gasteiger partial charge in [-0.3, -0.25) is 9.78 Å². The molecule has 0 amide bonds. The van der Waals surface area contributed by atoms with E-state index in [1.54, 1.807) is 16.9 Å². The maximum Gasteiger partial charge on any atom is 0.309 e. The molecular formula is C9H9N3O2. The molecule has 0 atom stereocenters. The summed E-state index contributed by atoms with van der Waals surface area (Å²) in [6.07, 6.45) is 3.18. The number of aromatic nitrogens is 3. The molecule has 1 N–H and O–H groups in total. The lowest BCUT2D eigenvalue weighted by molar-refractivity contribution is -0.136. The second kappa shape index (κ2) is 3.10. The Kier molecular flexibility index (Phi) is 1.92. The highest BCUT2D eigenvalue weighted by Crippen LogP contribution is 2.09. The monoisotopic (exact) mass is 191 g/mol. The molecule has 2 rings (SSSR count). The molecule has 0 radical (unpaired) electrons. The molecule has 5 nitrogen and oxygen atoms in total. The summed E-state index contributed by atoms with van der Waals surface area (Å²) in [5.74, 6) is -0.885. The van der Waals surface area contributed by atoms with Gasteiger partial charge in [-0.15, -0.1) is 0 Å². The van der Waals surface area contributed by atoms with E-state index in [1.807, 2.05) is 13.0 Å². The fourth-order valence-corrected chi connectivity index (χ4v) is 1.38. The number of carboxylic acid groups (broad SMARTS) is 1. The van der Waals surface area contributed by atoms with Crippen molar-refractivity contribution in [2.75, 3.05) is 0 Å². The molecule has 0 bridgehead atoms.